The van der Waals surface area contributed by atoms with Gasteiger partial charge in [0.05, 0.1) is 4.90 Å². The summed E-state index contributed by atoms with van der Waals surface area (Å²) in [7, 11) is -3.49. The molecule has 0 amide bonds. The van der Waals surface area contributed by atoms with Crippen LogP contribution in [0.15, 0.2) is 29.2 Å². The lowest BCUT2D eigenvalue weighted by atomic mass is 10.0. The summed E-state index contributed by atoms with van der Waals surface area (Å²) in [5.41, 5.74) is 6.04. The van der Waals surface area contributed by atoms with E-state index >= 15 is 0 Å². The van der Waals surface area contributed by atoms with E-state index in [-0.39, 0.29) is 11.4 Å². The highest BCUT2D eigenvalue weighted by atomic mass is 32.2. The molecule has 0 aliphatic heterocycles. The molecule has 0 fully saturated rings. The molecule has 0 saturated heterocycles. The van der Waals surface area contributed by atoms with Crippen LogP contribution in [0.5, 0.6) is 0 Å². The van der Waals surface area contributed by atoms with Crippen LogP contribution in [0.4, 0.5) is 0 Å². The third kappa shape index (κ3) is 3.52. The number of hydrogen-bond acceptors (Lipinski definition) is 3. The van der Waals surface area contributed by atoms with Gasteiger partial charge in [-0.2, -0.15) is 0 Å². The molecule has 0 heterocycles. The molecule has 0 spiro atoms. The average Bonchev–Trinajstić information content (AvgIpc) is 2.29. The molecule has 0 bridgehead atoms. The van der Waals surface area contributed by atoms with Gasteiger partial charge in [-0.3, -0.25) is 0 Å². The summed E-state index contributed by atoms with van der Waals surface area (Å²) in [5, 5.41) is 0. The van der Waals surface area contributed by atoms with Gasteiger partial charge < -0.3 is 5.73 Å². The van der Waals surface area contributed by atoms with Crippen molar-refractivity contribution in [2.75, 3.05) is 6.54 Å². The zero-order valence-electron chi connectivity index (χ0n) is 10.5. The predicted octanol–water partition coefficient (Wildman–Crippen LogP) is 1.40. The topological polar surface area (TPSA) is 72.2 Å². The van der Waals surface area contributed by atoms with Crippen LogP contribution in [0.1, 0.15) is 25.8 Å². The summed E-state index contributed by atoms with van der Waals surface area (Å²) in [6.07, 6.45) is 0.647. The first kappa shape index (κ1) is 14.2. The first-order chi connectivity index (χ1) is 7.83. The molecule has 0 saturated carbocycles. The smallest absolute Gasteiger partial charge is 0.241 e. The van der Waals surface area contributed by atoms with E-state index in [0.29, 0.717) is 6.42 Å². The lowest BCUT2D eigenvalue weighted by Gasteiger charge is -2.27. The molecule has 1 aromatic rings. The third-order valence-corrected chi connectivity index (χ3v) is 4.60. The van der Waals surface area contributed by atoms with E-state index in [4.69, 9.17) is 5.73 Å². The van der Waals surface area contributed by atoms with Gasteiger partial charge in [-0.25, -0.2) is 13.1 Å². The molecule has 3 N–H and O–H groups in total. The number of sulfonamides is 1. The molecule has 96 valence electrons. The van der Waals surface area contributed by atoms with Gasteiger partial charge in [0.25, 0.3) is 0 Å². The fraction of sp³-hybridized carbons (Fsp3) is 0.500. The van der Waals surface area contributed by atoms with Gasteiger partial charge in [0.15, 0.2) is 0 Å². The third-order valence-electron chi connectivity index (χ3n) is 2.94. The highest BCUT2D eigenvalue weighted by molar-refractivity contribution is 7.89. The molecule has 0 aliphatic carbocycles. The Morgan fingerprint density at radius 3 is 2.24 bits per heavy atom. The van der Waals surface area contributed by atoms with Gasteiger partial charge in [0.2, 0.25) is 10.0 Å². The minimum absolute atomic E-state index is 0.272. The molecule has 0 radical (unpaired) electrons. The van der Waals surface area contributed by atoms with Crippen LogP contribution < -0.4 is 10.5 Å². The van der Waals surface area contributed by atoms with Crippen molar-refractivity contribution in [3.05, 3.63) is 29.8 Å². The Morgan fingerprint density at radius 2 is 1.82 bits per heavy atom. The molecule has 5 heteroatoms. The van der Waals surface area contributed by atoms with Gasteiger partial charge in [-0.1, -0.05) is 24.6 Å². The van der Waals surface area contributed by atoms with Crippen molar-refractivity contribution in [1.82, 2.24) is 4.72 Å². The number of hydrogen-bond donors (Lipinski definition) is 2. The lowest BCUT2D eigenvalue weighted by Crippen LogP contribution is -2.50. The molecule has 1 atom stereocenters. The summed E-state index contributed by atoms with van der Waals surface area (Å²) in [6.45, 7) is 5.90. The molecular weight excluding hydrogens is 236 g/mol. The van der Waals surface area contributed by atoms with Crippen molar-refractivity contribution in [3.8, 4) is 0 Å². The summed E-state index contributed by atoms with van der Waals surface area (Å²) in [4.78, 5) is 0.274. The van der Waals surface area contributed by atoms with E-state index in [1.165, 1.54) is 0 Å². The predicted molar refractivity (Wildman–Crippen MR) is 69.3 cm³/mol. The fourth-order valence-electron chi connectivity index (χ4n) is 1.36. The highest BCUT2D eigenvalue weighted by Crippen LogP contribution is 2.15. The van der Waals surface area contributed by atoms with Crippen molar-refractivity contribution in [2.45, 2.75) is 37.6 Å². The minimum atomic E-state index is -3.49. The zero-order chi connectivity index (χ0) is 13.1. The van der Waals surface area contributed by atoms with Crippen molar-refractivity contribution in [2.24, 2.45) is 5.73 Å². The van der Waals surface area contributed by atoms with Gasteiger partial charge in [-0.15, -0.1) is 0 Å². The number of aryl methyl sites for hydroxylation is 1. The molecule has 1 rings (SSSR count). The van der Waals surface area contributed by atoms with E-state index in [1.54, 1.807) is 31.2 Å². The first-order valence-electron chi connectivity index (χ1n) is 5.64. The maximum Gasteiger partial charge on any atom is 0.241 e. The maximum absolute atomic E-state index is 12.1. The van der Waals surface area contributed by atoms with Crippen molar-refractivity contribution >= 4 is 10.0 Å². The van der Waals surface area contributed by atoms with Crippen molar-refractivity contribution in [3.63, 3.8) is 0 Å². The Kier molecular flexibility index (Phi) is 4.30. The summed E-state index contributed by atoms with van der Waals surface area (Å²) in [6, 6.07) is 6.76. The fourth-order valence-corrected chi connectivity index (χ4v) is 2.85. The van der Waals surface area contributed by atoms with Crippen LogP contribution in [0.2, 0.25) is 0 Å². The van der Waals surface area contributed by atoms with Crippen LogP contribution >= 0.6 is 0 Å². The van der Waals surface area contributed by atoms with E-state index in [2.05, 4.69) is 4.72 Å². The lowest BCUT2D eigenvalue weighted by molar-refractivity contribution is 0.411. The van der Waals surface area contributed by atoms with E-state index in [0.717, 1.165) is 5.56 Å². The number of nitrogens with two attached hydrogens (primary N) is 1. The molecule has 0 aliphatic rings. The molecule has 1 aromatic carbocycles. The average molecular weight is 256 g/mol. The molecule has 4 nitrogen and oxygen atoms in total. The summed E-state index contributed by atoms with van der Waals surface area (Å²) in [5.74, 6) is 0. The normalized spacial score (nSPS) is 15.5. The zero-order valence-corrected chi connectivity index (χ0v) is 11.3. The minimum Gasteiger partial charge on any atom is -0.329 e. The first-order valence-corrected chi connectivity index (χ1v) is 7.12. The monoisotopic (exact) mass is 256 g/mol. The second-order valence-corrected chi connectivity index (χ2v) is 6.22. The van der Waals surface area contributed by atoms with Gasteiger partial charge in [0.1, 0.15) is 0 Å². The van der Waals surface area contributed by atoms with E-state index in [1.807, 2.05) is 13.8 Å². The van der Waals surface area contributed by atoms with Gasteiger partial charge >= 0.3 is 0 Å². The van der Waals surface area contributed by atoms with Crippen LogP contribution in [-0.2, 0) is 10.0 Å². The number of nitrogens with one attached hydrogen (secondary N) is 1. The van der Waals surface area contributed by atoms with Crippen LogP contribution in [0, 0.1) is 6.92 Å². The van der Waals surface area contributed by atoms with Crippen molar-refractivity contribution in [1.29, 1.82) is 0 Å². The molecule has 0 aromatic heterocycles. The number of rotatable bonds is 5. The Labute approximate surface area is 103 Å². The Morgan fingerprint density at radius 1 is 1.29 bits per heavy atom. The SMILES string of the molecule is CC[C@@](C)(CN)NS(=O)(=O)c1ccc(C)cc1. The van der Waals surface area contributed by atoms with Crippen LogP contribution in [-0.4, -0.2) is 20.5 Å². The maximum atomic E-state index is 12.1. The Bertz CT molecular complexity index is 462. The standard InChI is InChI=1S/C12H20N2O2S/c1-4-12(3,9-13)14-17(15,16)11-7-5-10(2)6-8-11/h5-8,14H,4,9,13H2,1-3H3/t12-/m0/s1. The second-order valence-electron chi connectivity index (χ2n) is 4.54. The molecule has 17 heavy (non-hydrogen) atoms. The quantitative estimate of drug-likeness (QED) is 0.836. The second kappa shape index (κ2) is 5.16. The molecule has 0 unspecified atom stereocenters. The van der Waals surface area contributed by atoms with E-state index < -0.39 is 15.6 Å². The Balaban J connectivity index is 3.00. The van der Waals surface area contributed by atoms with Crippen LogP contribution in [0.25, 0.3) is 0 Å². The summed E-state index contributed by atoms with van der Waals surface area (Å²) >= 11 is 0. The van der Waals surface area contributed by atoms with Crippen molar-refractivity contribution < 1.29 is 8.42 Å². The van der Waals surface area contributed by atoms with Crippen LogP contribution in [0.3, 0.4) is 0 Å². The molecular formula is C12H20N2O2S. The van der Waals surface area contributed by atoms with Gasteiger partial charge in [0, 0.05) is 12.1 Å². The van der Waals surface area contributed by atoms with E-state index in [9.17, 15) is 8.42 Å². The Hall–Kier alpha value is -0.910. The number of benzene rings is 1. The summed E-state index contributed by atoms with van der Waals surface area (Å²) < 4.78 is 26.9. The largest absolute Gasteiger partial charge is 0.329 e. The highest BCUT2D eigenvalue weighted by Gasteiger charge is 2.27. The van der Waals surface area contributed by atoms with Gasteiger partial charge in [-0.05, 0) is 32.4 Å².